The standard InChI is InChI=1S/C30H29N3OS3/c1-19-10-9-11-20(2)24(19)33-26-25(37-29(33)35)27(34)32(23-12-7-6-8-13-23)28(31-26)36-18-21-14-16-22(17-15-21)30(3,4)5/h6-17H,18H2,1-5H3. The molecule has 0 aliphatic rings. The molecule has 0 saturated heterocycles. The Hall–Kier alpha value is -3.00. The molecule has 0 aliphatic carbocycles. The molecule has 0 bridgehead atoms. The van der Waals surface area contributed by atoms with Gasteiger partial charge >= 0.3 is 0 Å². The van der Waals surface area contributed by atoms with Crippen LogP contribution in [0, 0.1) is 17.8 Å². The number of aryl methyl sites for hydroxylation is 2. The number of hydrogen-bond donors (Lipinski definition) is 0. The Kier molecular flexibility index (Phi) is 6.96. The Bertz CT molecular complexity index is 1690. The van der Waals surface area contributed by atoms with Crippen molar-refractivity contribution in [3.8, 4) is 11.4 Å². The van der Waals surface area contributed by atoms with E-state index in [0.717, 1.165) is 22.5 Å². The summed E-state index contributed by atoms with van der Waals surface area (Å²) in [7, 11) is 0. The number of hydrogen-bond acceptors (Lipinski definition) is 5. The van der Waals surface area contributed by atoms with E-state index in [9.17, 15) is 4.79 Å². The van der Waals surface area contributed by atoms with Crippen LogP contribution in [0.15, 0.2) is 82.7 Å². The Morgan fingerprint density at radius 2 is 1.54 bits per heavy atom. The zero-order chi connectivity index (χ0) is 26.3. The van der Waals surface area contributed by atoms with E-state index in [1.54, 1.807) is 16.3 Å². The van der Waals surface area contributed by atoms with E-state index in [1.807, 2.05) is 41.0 Å². The van der Waals surface area contributed by atoms with Gasteiger partial charge in [-0.3, -0.25) is 13.9 Å². The molecule has 37 heavy (non-hydrogen) atoms. The molecule has 0 spiro atoms. The van der Waals surface area contributed by atoms with Crippen LogP contribution in [0.4, 0.5) is 0 Å². The fraction of sp³-hybridized carbons (Fsp3) is 0.233. The Labute approximate surface area is 230 Å². The van der Waals surface area contributed by atoms with Crippen molar-refractivity contribution in [1.82, 2.24) is 14.1 Å². The minimum absolute atomic E-state index is 0.0946. The van der Waals surface area contributed by atoms with Gasteiger partial charge in [-0.15, -0.1) is 0 Å². The van der Waals surface area contributed by atoms with Crippen LogP contribution in [0.1, 0.15) is 43.0 Å². The Balaban J connectivity index is 1.67. The first kappa shape index (κ1) is 25.6. The summed E-state index contributed by atoms with van der Waals surface area (Å²) in [5, 5.41) is 0.649. The number of para-hydroxylation sites is 2. The molecule has 0 unspecified atom stereocenters. The van der Waals surface area contributed by atoms with Crippen LogP contribution in [-0.2, 0) is 11.2 Å². The second-order valence-corrected chi connectivity index (χ2v) is 12.8. The molecule has 0 aliphatic heterocycles. The molecule has 0 atom stereocenters. The van der Waals surface area contributed by atoms with Crippen LogP contribution in [-0.4, -0.2) is 14.1 Å². The van der Waals surface area contributed by atoms with Crippen LogP contribution in [0.3, 0.4) is 0 Å². The average Bonchev–Trinajstić information content (AvgIpc) is 3.19. The lowest BCUT2D eigenvalue weighted by atomic mass is 9.87. The number of nitrogens with zero attached hydrogens (tertiary/aromatic N) is 3. The van der Waals surface area contributed by atoms with Gasteiger partial charge in [0.25, 0.3) is 5.56 Å². The molecule has 2 aromatic heterocycles. The number of thiazole rings is 1. The maximum atomic E-state index is 13.9. The van der Waals surface area contributed by atoms with E-state index in [4.69, 9.17) is 17.2 Å². The fourth-order valence-corrected chi connectivity index (χ4v) is 6.68. The van der Waals surface area contributed by atoms with Gasteiger partial charge in [-0.25, -0.2) is 4.98 Å². The zero-order valence-corrected chi connectivity index (χ0v) is 24.1. The number of thioether (sulfide) groups is 1. The van der Waals surface area contributed by atoms with E-state index in [1.165, 1.54) is 22.5 Å². The SMILES string of the molecule is Cc1cccc(C)c1-n1c(=S)sc2c(=O)n(-c3ccccc3)c(SCc3ccc(C(C)(C)C)cc3)nc21. The molecular weight excluding hydrogens is 515 g/mol. The van der Waals surface area contributed by atoms with Crippen LogP contribution >= 0.6 is 35.3 Å². The van der Waals surface area contributed by atoms with Gasteiger partial charge in [0.1, 0.15) is 4.70 Å². The third-order valence-corrected chi connectivity index (χ3v) is 8.80. The highest BCUT2D eigenvalue weighted by molar-refractivity contribution is 7.98. The minimum Gasteiger partial charge on any atom is -0.275 e. The van der Waals surface area contributed by atoms with Crippen molar-refractivity contribution in [2.75, 3.05) is 0 Å². The number of rotatable bonds is 5. The second-order valence-electron chi connectivity index (χ2n) is 10.2. The van der Waals surface area contributed by atoms with Crippen molar-refractivity contribution in [2.24, 2.45) is 0 Å². The molecule has 0 saturated carbocycles. The summed E-state index contributed by atoms with van der Waals surface area (Å²) >= 11 is 8.68. The summed E-state index contributed by atoms with van der Waals surface area (Å²) in [5.41, 5.74) is 7.10. The lowest BCUT2D eigenvalue weighted by Crippen LogP contribution is -2.21. The average molecular weight is 544 g/mol. The summed E-state index contributed by atoms with van der Waals surface area (Å²) in [5.74, 6) is 0.698. The molecule has 0 radical (unpaired) electrons. The molecule has 5 aromatic rings. The molecule has 2 heterocycles. The molecular formula is C30H29N3OS3. The van der Waals surface area contributed by atoms with Crippen molar-refractivity contribution < 1.29 is 0 Å². The van der Waals surface area contributed by atoms with E-state index in [2.05, 4.69) is 71.0 Å². The second kappa shape index (κ2) is 10.0. The fourth-order valence-electron chi connectivity index (χ4n) is 4.44. The molecule has 0 amide bonds. The van der Waals surface area contributed by atoms with Crippen molar-refractivity contribution in [1.29, 1.82) is 0 Å². The summed E-state index contributed by atoms with van der Waals surface area (Å²) < 4.78 is 4.88. The molecule has 3 aromatic carbocycles. The van der Waals surface area contributed by atoms with E-state index in [-0.39, 0.29) is 11.0 Å². The van der Waals surface area contributed by atoms with Gasteiger partial charge in [0.05, 0.1) is 11.4 Å². The lowest BCUT2D eigenvalue weighted by Gasteiger charge is -2.19. The normalized spacial score (nSPS) is 11.8. The van der Waals surface area contributed by atoms with Crippen LogP contribution < -0.4 is 5.56 Å². The first-order valence-corrected chi connectivity index (χ1v) is 14.4. The predicted molar refractivity (Wildman–Crippen MR) is 160 cm³/mol. The smallest absolute Gasteiger partial charge is 0.275 e. The molecule has 5 rings (SSSR count). The largest absolute Gasteiger partial charge is 0.278 e. The molecule has 4 nitrogen and oxygen atoms in total. The summed E-state index contributed by atoms with van der Waals surface area (Å²) in [6, 6.07) is 24.6. The first-order valence-electron chi connectivity index (χ1n) is 12.2. The third-order valence-electron chi connectivity index (χ3n) is 6.44. The van der Waals surface area contributed by atoms with Crippen molar-refractivity contribution in [3.05, 3.63) is 109 Å². The number of benzene rings is 3. The van der Waals surface area contributed by atoms with Crippen molar-refractivity contribution in [3.63, 3.8) is 0 Å². The molecule has 0 N–H and O–H groups in total. The van der Waals surface area contributed by atoms with E-state index >= 15 is 0 Å². The Morgan fingerprint density at radius 1 is 0.892 bits per heavy atom. The maximum Gasteiger partial charge on any atom is 0.278 e. The van der Waals surface area contributed by atoms with Crippen LogP contribution in [0.2, 0.25) is 0 Å². The van der Waals surface area contributed by atoms with Gasteiger partial charge in [0.2, 0.25) is 0 Å². The summed E-state index contributed by atoms with van der Waals surface area (Å²) in [6.45, 7) is 10.8. The summed E-state index contributed by atoms with van der Waals surface area (Å²) in [6.07, 6.45) is 0. The number of aromatic nitrogens is 3. The van der Waals surface area contributed by atoms with Crippen molar-refractivity contribution in [2.45, 2.75) is 50.9 Å². The highest BCUT2D eigenvalue weighted by Gasteiger charge is 2.21. The molecule has 7 heteroatoms. The van der Waals surface area contributed by atoms with E-state index < -0.39 is 0 Å². The molecule has 188 valence electrons. The highest BCUT2D eigenvalue weighted by Crippen LogP contribution is 2.31. The van der Waals surface area contributed by atoms with Crippen molar-refractivity contribution >= 4 is 45.7 Å². The van der Waals surface area contributed by atoms with Gasteiger partial charge in [0, 0.05) is 5.75 Å². The number of fused-ring (bicyclic) bond motifs is 1. The maximum absolute atomic E-state index is 13.9. The first-order chi connectivity index (χ1) is 17.6. The minimum atomic E-state index is -0.0946. The van der Waals surface area contributed by atoms with Gasteiger partial charge in [-0.2, -0.15) is 0 Å². The topological polar surface area (TPSA) is 39.8 Å². The van der Waals surface area contributed by atoms with Crippen LogP contribution in [0.5, 0.6) is 0 Å². The van der Waals surface area contributed by atoms with E-state index in [0.29, 0.717) is 25.2 Å². The monoisotopic (exact) mass is 543 g/mol. The zero-order valence-electron chi connectivity index (χ0n) is 21.6. The third kappa shape index (κ3) is 4.96. The van der Waals surface area contributed by atoms with Gasteiger partial charge in [0.15, 0.2) is 14.8 Å². The van der Waals surface area contributed by atoms with Gasteiger partial charge < -0.3 is 0 Å². The van der Waals surface area contributed by atoms with Gasteiger partial charge in [-0.05, 0) is 65.9 Å². The molecule has 0 fully saturated rings. The quantitative estimate of drug-likeness (QED) is 0.127. The predicted octanol–water partition coefficient (Wildman–Crippen LogP) is 8.17. The summed E-state index contributed by atoms with van der Waals surface area (Å²) in [4.78, 5) is 19.0. The van der Waals surface area contributed by atoms with Crippen LogP contribution in [0.25, 0.3) is 21.7 Å². The Morgan fingerprint density at radius 3 is 2.16 bits per heavy atom. The van der Waals surface area contributed by atoms with Gasteiger partial charge in [-0.1, -0.05) is 105 Å². The highest BCUT2D eigenvalue weighted by atomic mass is 32.2. The lowest BCUT2D eigenvalue weighted by molar-refractivity contribution is 0.590.